The second-order valence-corrected chi connectivity index (χ2v) is 8.90. The molecule has 1 aromatic carbocycles. The predicted octanol–water partition coefficient (Wildman–Crippen LogP) is 2.15. The quantitative estimate of drug-likeness (QED) is 0.715. The van der Waals surface area contributed by atoms with Crippen LogP contribution < -0.4 is 5.32 Å². The van der Waals surface area contributed by atoms with Crippen LogP contribution in [0.1, 0.15) is 37.0 Å². The highest BCUT2D eigenvalue weighted by molar-refractivity contribution is 7.99. The number of amides is 3. The minimum Gasteiger partial charge on any atom is -0.340 e. The van der Waals surface area contributed by atoms with Gasteiger partial charge in [-0.15, -0.1) is 0 Å². The van der Waals surface area contributed by atoms with Gasteiger partial charge in [0.1, 0.15) is 0 Å². The third-order valence-corrected chi connectivity index (χ3v) is 6.70. The Balaban J connectivity index is 1.59. The lowest BCUT2D eigenvalue weighted by Gasteiger charge is -2.32. The Morgan fingerprint density at radius 3 is 2.57 bits per heavy atom. The van der Waals surface area contributed by atoms with Crippen molar-refractivity contribution >= 4 is 35.2 Å². The Morgan fingerprint density at radius 2 is 1.87 bits per heavy atom. The Labute approximate surface area is 183 Å². The number of nitrogens with one attached hydrogen (secondary N) is 1. The first-order chi connectivity index (χ1) is 14.5. The van der Waals surface area contributed by atoms with Crippen LogP contribution in [0, 0.1) is 0 Å². The zero-order chi connectivity index (χ0) is 21.5. The Kier molecular flexibility index (Phi) is 8.16. The maximum Gasteiger partial charge on any atom is 0.253 e. The molecule has 0 aromatic heterocycles. The van der Waals surface area contributed by atoms with Gasteiger partial charge in [0.15, 0.2) is 0 Å². The van der Waals surface area contributed by atoms with Crippen molar-refractivity contribution in [1.29, 1.82) is 0 Å². The normalized spacial score (nSPS) is 19.5. The highest BCUT2D eigenvalue weighted by Gasteiger charge is 2.35. The van der Waals surface area contributed by atoms with Crippen molar-refractivity contribution in [3.63, 3.8) is 0 Å². The van der Waals surface area contributed by atoms with Gasteiger partial charge in [0, 0.05) is 48.9 Å². The van der Waals surface area contributed by atoms with Gasteiger partial charge >= 0.3 is 0 Å². The third kappa shape index (κ3) is 5.55. The SMILES string of the molecule is CCN(CC)C(=O)c1cccc(NC(=O)CN2CCCC2C(=O)N2CCSCC2)c1. The van der Waals surface area contributed by atoms with Crippen molar-refractivity contribution in [2.75, 3.05) is 56.1 Å². The number of anilines is 1. The summed E-state index contributed by atoms with van der Waals surface area (Å²) in [6, 6.07) is 6.85. The van der Waals surface area contributed by atoms with Gasteiger partial charge in [0.2, 0.25) is 11.8 Å². The van der Waals surface area contributed by atoms with Crippen molar-refractivity contribution in [3.05, 3.63) is 29.8 Å². The molecule has 0 spiro atoms. The fourth-order valence-electron chi connectivity index (χ4n) is 4.10. The average Bonchev–Trinajstić information content (AvgIpc) is 3.22. The predicted molar refractivity (Wildman–Crippen MR) is 121 cm³/mol. The van der Waals surface area contributed by atoms with E-state index in [-0.39, 0.29) is 30.3 Å². The molecule has 2 aliphatic rings. The maximum atomic E-state index is 12.9. The molecule has 2 heterocycles. The number of hydrogen-bond donors (Lipinski definition) is 1. The van der Waals surface area contributed by atoms with Crippen LogP contribution in [-0.2, 0) is 9.59 Å². The lowest BCUT2D eigenvalue weighted by molar-refractivity contribution is -0.136. The van der Waals surface area contributed by atoms with Crippen LogP contribution in [0.2, 0.25) is 0 Å². The fraction of sp³-hybridized carbons (Fsp3) is 0.591. The third-order valence-electron chi connectivity index (χ3n) is 5.76. The summed E-state index contributed by atoms with van der Waals surface area (Å²) in [4.78, 5) is 43.8. The molecule has 1 unspecified atom stereocenters. The van der Waals surface area contributed by atoms with Crippen molar-refractivity contribution in [2.24, 2.45) is 0 Å². The topological polar surface area (TPSA) is 73.0 Å². The molecule has 8 heteroatoms. The van der Waals surface area contributed by atoms with Crippen molar-refractivity contribution in [1.82, 2.24) is 14.7 Å². The van der Waals surface area contributed by atoms with Crippen molar-refractivity contribution in [3.8, 4) is 0 Å². The van der Waals surface area contributed by atoms with E-state index in [9.17, 15) is 14.4 Å². The summed E-state index contributed by atoms with van der Waals surface area (Å²) >= 11 is 1.88. The van der Waals surface area contributed by atoms with Gasteiger partial charge in [-0.2, -0.15) is 11.8 Å². The minimum atomic E-state index is -0.200. The molecule has 0 bridgehead atoms. The van der Waals surface area contributed by atoms with Gasteiger partial charge in [0.05, 0.1) is 12.6 Å². The number of likely N-dealkylation sites (tertiary alicyclic amines) is 1. The van der Waals surface area contributed by atoms with E-state index in [0.717, 1.165) is 44.0 Å². The largest absolute Gasteiger partial charge is 0.340 e. The zero-order valence-electron chi connectivity index (χ0n) is 17.9. The van der Waals surface area contributed by atoms with Crippen molar-refractivity contribution < 1.29 is 14.4 Å². The van der Waals surface area contributed by atoms with Crippen LogP contribution in [-0.4, -0.2) is 89.2 Å². The highest BCUT2D eigenvalue weighted by atomic mass is 32.2. The number of benzene rings is 1. The van der Waals surface area contributed by atoms with Gasteiger partial charge in [-0.1, -0.05) is 6.07 Å². The van der Waals surface area contributed by atoms with Crippen LogP contribution in [0.25, 0.3) is 0 Å². The molecule has 1 atom stereocenters. The summed E-state index contributed by atoms with van der Waals surface area (Å²) in [6.45, 7) is 7.73. The molecule has 2 aliphatic heterocycles. The van der Waals surface area contributed by atoms with E-state index < -0.39 is 0 Å². The van der Waals surface area contributed by atoms with E-state index in [2.05, 4.69) is 5.32 Å². The number of nitrogens with zero attached hydrogens (tertiary/aromatic N) is 3. The van der Waals surface area contributed by atoms with Crippen LogP contribution in [0.4, 0.5) is 5.69 Å². The smallest absolute Gasteiger partial charge is 0.253 e. The molecule has 2 fully saturated rings. The maximum absolute atomic E-state index is 12.9. The number of hydrogen-bond acceptors (Lipinski definition) is 5. The van der Waals surface area contributed by atoms with Crippen LogP contribution in [0.15, 0.2) is 24.3 Å². The molecular weight excluding hydrogens is 400 g/mol. The lowest BCUT2D eigenvalue weighted by Crippen LogP contribution is -2.49. The molecule has 30 heavy (non-hydrogen) atoms. The van der Waals surface area contributed by atoms with Gasteiger partial charge in [-0.25, -0.2) is 0 Å². The fourth-order valence-corrected chi connectivity index (χ4v) is 5.00. The number of carbonyl (C=O) groups excluding carboxylic acids is 3. The molecule has 3 rings (SSSR count). The van der Waals surface area contributed by atoms with E-state index in [1.54, 1.807) is 29.2 Å². The second kappa shape index (κ2) is 10.8. The minimum absolute atomic E-state index is 0.0407. The number of rotatable bonds is 7. The van der Waals surface area contributed by atoms with E-state index in [1.807, 2.05) is 35.4 Å². The summed E-state index contributed by atoms with van der Waals surface area (Å²) in [6.07, 6.45) is 1.74. The van der Waals surface area contributed by atoms with Crippen molar-refractivity contribution in [2.45, 2.75) is 32.7 Å². The molecule has 2 saturated heterocycles. The first kappa shape index (κ1) is 22.6. The standard InChI is InChI=1S/C22H32N4O3S/c1-3-24(4-2)21(28)17-7-5-8-18(15-17)23-20(27)16-26-10-6-9-19(26)22(29)25-11-13-30-14-12-25/h5,7-8,15,19H,3-4,6,9-14,16H2,1-2H3,(H,23,27). The van der Waals surface area contributed by atoms with Gasteiger partial charge < -0.3 is 15.1 Å². The zero-order valence-corrected chi connectivity index (χ0v) is 18.7. The Hall–Kier alpha value is -2.06. The van der Waals surface area contributed by atoms with Gasteiger partial charge in [0.25, 0.3) is 5.91 Å². The number of thioether (sulfide) groups is 1. The monoisotopic (exact) mass is 432 g/mol. The summed E-state index contributed by atoms with van der Waals surface area (Å²) in [5.74, 6) is 1.94. The molecule has 3 amide bonds. The van der Waals surface area contributed by atoms with E-state index >= 15 is 0 Å². The molecule has 1 aromatic rings. The highest BCUT2D eigenvalue weighted by Crippen LogP contribution is 2.21. The molecule has 0 saturated carbocycles. The average molecular weight is 433 g/mol. The van der Waals surface area contributed by atoms with E-state index in [4.69, 9.17) is 0 Å². The first-order valence-electron chi connectivity index (χ1n) is 10.8. The lowest BCUT2D eigenvalue weighted by atomic mass is 10.1. The molecule has 1 N–H and O–H groups in total. The van der Waals surface area contributed by atoms with Gasteiger partial charge in [-0.3, -0.25) is 19.3 Å². The molecule has 164 valence electrons. The summed E-state index contributed by atoms with van der Waals surface area (Å²) in [7, 11) is 0. The summed E-state index contributed by atoms with van der Waals surface area (Å²) < 4.78 is 0. The molecule has 7 nitrogen and oxygen atoms in total. The van der Waals surface area contributed by atoms with Crippen LogP contribution in [0.3, 0.4) is 0 Å². The molecular formula is C22H32N4O3S. The Bertz CT molecular complexity index is 763. The van der Waals surface area contributed by atoms with E-state index in [1.165, 1.54) is 0 Å². The van der Waals surface area contributed by atoms with Crippen LogP contribution in [0.5, 0.6) is 0 Å². The first-order valence-corrected chi connectivity index (χ1v) is 12.0. The molecule has 0 radical (unpaired) electrons. The van der Waals surface area contributed by atoms with E-state index in [0.29, 0.717) is 24.3 Å². The van der Waals surface area contributed by atoms with Crippen LogP contribution >= 0.6 is 11.8 Å². The summed E-state index contributed by atoms with van der Waals surface area (Å²) in [5.41, 5.74) is 1.17. The number of carbonyl (C=O) groups is 3. The molecule has 0 aliphatic carbocycles. The second-order valence-electron chi connectivity index (χ2n) is 7.67. The van der Waals surface area contributed by atoms with Gasteiger partial charge in [-0.05, 0) is 51.4 Å². The Morgan fingerprint density at radius 1 is 1.13 bits per heavy atom. The summed E-state index contributed by atoms with van der Waals surface area (Å²) in [5, 5.41) is 2.90.